The summed E-state index contributed by atoms with van der Waals surface area (Å²) in [5.41, 5.74) is -2.18. The van der Waals surface area contributed by atoms with Crippen molar-refractivity contribution < 1.29 is 87.4 Å². The number of carbonyl (C=O) groups excluding carboxylic acids is 2. The van der Waals surface area contributed by atoms with E-state index in [1.54, 1.807) is 0 Å². The predicted octanol–water partition coefficient (Wildman–Crippen LogP) is 2.56. The molecule has 440 valence electrons. The molecular formula is C42H46N14O20S6. The minimum absolute atomic E-state index is 0.0938. The Kier molecular flexibility index (Phi) is 19.5. The summed E-state index contributed by atoms with van der Waals surface area (Å²) in [6.45, 7) is 3.17. The number of hydrogen-bond acceptors (Lipinski definition) is 26. The smallest absolute Gasteiger partial charge is 0.296 e. The average molecular weight is 1260 g/mol. The summed E-state index contributed by atoms with van der Waals surface area (Å²) < 4.78 is 208. The van der Waals surface area contributed by atoms with Gasteiger partial charge in [-0.2, -0.15) is 80.4 Å². The number of amides is 2. The van der Waals surface area contributed by atoms with E-state index < -0.39 is 125 Å². The number of aromatic nitrogens is 6. The molecule has 82 heavy (non-hydrogen) atoms. The average Bonchev–Trinajstić information content (AvgIpc) is 3.57. The van der Waals surface area contributed by atoms with Crippen LogP contribution >= 0.6 is 0 Å². The molecule has 0 saturated heterocycles. The fourth-order valence-electron chi connectivity index (χ4n) is 6.85. The van der Waals surface area contributed by atoms with Crippen LogP contribution in [0, 0.1) is 0 Å². The van der Waals surface area contributed by atoms with Gasteiger partial charge in [0.15, 0.2) is 0 Å². The molecule has 2 amide bonds. The summed E-state index contributed by atoms with van der Waals surface area (Å²) in [5, 5.41) is 21.0. The van der Waals surface area contributed by atoms with Crippen LogP contribution in [0.4, 0.5) is 58.4 Å². The van der Waals surface area contributed by atoms with Gasteiger partial charge in [-0.05, 0) is 84.6 Å². The van der Waals surface area contributed by atoms with Gasteiger partial charge in [-0.25, -0.2) is 0 Å². The zero-order chi connectivity index (χ0) is 60.6. The fraction of sp³-hybridized carbons (Fsp3) is 0.190. The van der Waals surface area contributed by atoms with Gasteiger partial charge in [0.25, 0.3) is 60.7 Å². The van der Waals surface area contributed by atoms with Crippen molar-refractivity contribution in [3.63, 3.8) is 0 Å². The first-order valence-corrected chi connectivity index (χ1v) is 31.3. The molecule has 0 bridgehead atoms. The highest BCUT2D eigenvalue weighted by atomic mass is 32.2. The Morgan fingerprint density at radius 3 is 1.01 bits per heavy atom. The highest BCUT2D eigenvalue weighted by Gasteiger charge is 2.25. The first kappa shape index (κ1) is 63.0. The van der Waals surface area contributed by atoms with Crippen molar-refractivity contribution in [3.8, 4) is 0 Å². The maximum Gasteiger partial charge on any atom is 0.296 e. The molecule has 0 aliphatic carbocycles. The van der Waals surface area contributed by atoms with Crippen LogP contribution in [0.15, 0.2) is 102 Å². The van der Waals surface area contributed by atoms with Crippen molar-refractivity contribution in [2.45, 2.75) is 56.1 Å². The van der Waals surface area contributed by atoms with Crippen LogP contribution in [0.3, 0.4) is 0 Å². The van der Waals surface area contributed by atoms with Crippen molar-refractivity contribution in [1.82, 2.24) is 40.5 Å². The van der Waals surface area contributed by atoms with Gasteiger partial charge in [0, 0.05) is 51.4 Å². The lowest BCUT2D eigenvalue weighted by Gasteiger charge is -2.14. The van der Waals surface area contributed by atoms with Gasteiger partial charge in [-0.1, -0.05) is 24.3 Å². The Bertz CT molecular complexity index is 3950. The highest BCUT2D eigenvalue weighted by Crippen LogP contribution is 2.32. The molecule has 0 saturated carbocycles. The summed E-state index contributed by atoms with van der Waals surface area (Å²) in [5.74, 6) is -3.07. The lowest BCUT2D eigenvalue weighted by Crippen LogP contribution is -2.23. The molecule has 0 aliphatic rings. The van der Waals surface area contributed by atoms with E-state index in [1.807, 2.05) is 0 Å². The Morgan fingerprint density at radius 1 is 0.390 bits per heavy atom. The van der Waals surface area contributed by atoms with Gasteiger partial charge in [0.05, 0.1) is 21.2 Å². The second kappa shape index (κ2) is 25.3. The van der Waals surface area contributed by atoms with E-state index in [-0.39, 0.29) is 72.4 Å². The van der Waals surface area contributed by atoms with Crippen LogP contribution < -0.4 is 42.5 Å². The van der Waals surface area contributed by atoms with Crippen LogP contribution in [0.1, 0.15) is 37.8 Å². The Morgan fingerprint density at radius 2 is 0.707 bits per heavy atom. The largest absolute Gasteiger partial charge is 0.356 e. The topological polar surface area (TPSA) is 534 Å². The molecule has 0 atom stereocenters. The SMILES string of the molecule is CC(=O)NCCCNc1nc(Nc2ccc(/C=C/c3ccc(Nc4nc(NCCCNC(C)=O)nc(Nc5cc(S(=O)(=O)O)ccc5S(=O)(=O)O)n4)cc3S(=O)(=O)O)c(S(=O)(=O)O)c2)nc(Nc2cc(S(=O)(=O)O)ccc2S(=O)(=O)O)n1. The number of carbonyl (C=O) groups is 2. The lowest BCUT2D eigenvalue weighted by molar-refractivity contribution is -0.119. The van der Waals surface area contributed by atoms with Gasteiger partial charge < -0.3 is 42.5 Å². The molecule has 0 spiro atoms. The van der Waals surface area contributed by atoms with E-state index in [2.05, 4.69) is 72.4 Å². The van der Waals surface area contributed by atoms with E-state index in [9.17, 15) is 87.4 Å². The van der Waals surface area contributed by atoms with E-state index >= 15 is 0 Å². The summed E-state index contributed by atoms with van der Waals surface area (Å²) >= 11 is 0. The minimum Gasteiger partial charge on any atom is -0.356 e. The summed E-state index contributed by atoms with van der Waals surface area (Å²) in [6, 6.07) is 10.5. The van der Waals surface area contributed by atoms with Crippen molar-refractivity contribution >= 4 is 143 Å². The first-order valence-electron chi connectivity index (χ1n) is 22.7. The third-order valence-electron chi connectivity index (χ3n) is 10.4. The monoisotopic (exact) mass is 1260 g/mol. The molecule has 40 heteroatoms. The second-order valence-electron chi connectivity index (χ2n) is 16.6. The Hall–Kier alpha value is -8.16. The molecule has 4 aromatic carbocycles. The summed E-state index contributed by atoms with van der Waals surface area (Å²) in [7, 11) is -30.3. The van der Waals surface area contributed by atoms with E-state index in [0.717, 1.165) is 36.4 Å². The van der Waals surface area contributed by atoms with Crippen LogP contribution in [0.2, 0.25) is 0 Å². The number of nitrogens with zero attached hydrogens (tertiary/aromatic N) is 6. The van der Waals surface area contributed by atoms with E-state index in [4.69, 9.17) is 0 Å². The van der Waals surface area contributed by atoms with Crippen LogP contribution in [-0.2, 0) is 70.3 Å². The third kappa shape index (κ3) is 18.2. The van der Waals surface area contributed by atoms with Gasteiger partial charge >= 0.3 is 0 Å². The van der Waals surface area contributed by atoms with Crippen LogP contribution in [0.25, 0.3) is 12.2 Å². The molecule has 34 nitrogen and oxygen atoms in total. The molecule has 2 heterocycles. The van der Waals surface area contributed by atoms with Gasteiger partial charge in [-0.3, -0.25) is 36.9 Å². The number of anilines is 10. The molecule has 0 radical (unpaired) electrons. The summed E-state index contributed by atoms with van der Waals surface area (Å²) in [4.78, 5) is 42.5. The molecule has 0 fully saturated rings. The maximum absolute atomic E-state index is 12.8. The number of benzene rings is 4. The standard InChI is InChI=1S/C42H46N14O20S6/c1-23(57)43-15-3-17-45-37-51-39(55-41(53-37)49-31-21-29(77(59,60)61)11-13-33(31)79(65,66)67)47-27-9-7-25(35(19-27)81(71,72)73)5-6-26-8-10-28(20-36(26)82(74,75)76)48-40-52-38(46-18-4-16-44-24(2)58)54-42(56-40)50-32-22-30(78(62,63)64)12-14-34(32)80(68,69)70/h5-14,19-22H,3-4,15-18H2,1-2H3,(H,43,57)(H,44,58)(H,59,60,61)(H,62,63,64)(H,65,66,67)(H,68,69,70)(H,71,72,73)(H,74,75,76)(H3,45,47,49,51,53,55)(H3,46,48,50,52,54,56)/b6-5+. The van der Waals surface area contributed by atoms with Gasteiger partial charge in [0.2, 0.25) is 47.5 Å². The van der Waals surface area contributed by atoms with Gasteiger partial charge in [-0.15, -0.1) is 0 Å². The van der Waals surface area contributed by atoms with Crippen molar-refractivity contribution in [2.75, 3.05) is 58.1 Å². The predicted molar refractivity (Wildman–Crippen MR) is 290 cm³/mol. The number of rotatable bonds is 26. The fourth-order valence-corrected chi connectivity index (χ4v) is 10.5. The maximum atomic E-state index is 12.8. The van der Waals surface area contributed by atoms with E-state index in [0.29, 0.717) is 49.2 Å². The summed E-state index contributed by atoms with van der Waals surface area (Å²) in [6.07, 6.45) is 2.68. The second-order valence-corrected chi connectivity index (χ2v) is 25.0. The van der Waals surface area contributed by atoms with Crippen LogP contribution in [-0.4, -0.2) is 146 Å². The highest BCUT2D eigenvalue weighted by molar-refractivity contribution is 7.87. The molecule has 0 aliphatic heterocycles. The normalized spacial score (nSPS) is 12.3. The molecule has 6 rings (SSSR count). The molecular weight excluding hydrogens is 1210 g/mol. The molecule has 6 aromatic rings. The zero-order valence-electron chi connectivity index (χ0n) is 41.9. The molecule has 0 unspecified atom stereocenters. The first-order chi connectivity index (χ1) is 38.0. The Balaban J connectivity index is 1.33. The van der Waals surface area contributed by atoms with E-state index in [1.165, 1.54) is 26.0 Å². The van der Waals surface area contributed by atoms with Gasteiger partial charge in [0.1, 0.15) is 19.6 Å². The molecule has 14 N–H and O–H groups in total. The Labute approximate surface area is 466 Å². The zero-order valence-corrected chi connectivity index (χ0v) is 46.8. The lowest BCUT2D eigenvalue weighted by atomic mass is 10.1. The van der Waals surface area contributed by atoms with Crippen molar-refractivity contribution in [1.29, 1.82) is 0 Å². The third-order valence-corrected chi connectivity index (χ3v) is 15.7. The number of nitrogens with one attached hydrogen (secondary N) is 8. The van der Waals surface area contributed by atoms with Crippen LogP contribution in [0.5, 0.6) is 0 Å². The molecule has 2 aromatic heterocycles. The van der Waals surface area contributed by atoms with Crippen molar-refractivity contribution in [2.24, 2.45) is 0 Å². The van der Waals surface area contributed by atoms with Crippen molar-refractivity contribution in [3.05, 3.63) is 83.9 Å². The minimum atomic E-state index is -5.16. The quantitative estimate of drug-likeness (QED) is 0.0211. The number of hydrogen-bond donors (Lipinski definition) is 14.